The molecule has 0 fully saturated rings. The van der Waals surface area contributed by atoms with Gasteiger partial charge in [-0.1, -0.05) is 121 Å². The number of anilines is 3. The van der Waals surface area contributed by atoms with Crippen molar-refractivity contribution >= 4 is 71.7 Å². The minimum Gasteiger partial charge on any atom is -0.455 e. The van der Waals surface area contributed by atoms with E-state index >= 15 is 0 Å². The van der Waals surface area contributed by atoms with Crippen molar-refractivity contribution in [3.05, 3.63) is 176 Å². The second kappa shape index (κ2) is 11.0. The van der Waals surface area contributed by atoms with Gasteiger partial charge in [-0.2, -0.15) is 0 Å². The summed E-state index contributed by atoms with van der Waals surface area (Å²) < 4.78 is 12.9. The molecule has 0 aliphatic heterocycles. The number of benzene rings is 8. The average molecular weight is 628 g/mol. The van der Waals surface area contributed by atoms with Crippen LogP contribution in [0.3, 0.4) is 0 Å². The number of nitrogens with zero attached hydrogens (tertiary/aromatic N) is 1. The normalized spacial score (nSPS) is 11.7. The van der Waals surface area contributed by atoms with Gasteiger partial charge in [-0.3, -0.25) is 0 Å². The van der Waals surface area contributed by atoms with Crippen LogP contribution < -0.4 is 4.90 Å². The molecule has 3 nitrogen and oxygen atoms in total. The summed E-state index contributed by atoms with van der Waals surface area (Å²) in [6.07, 6.45) is 0. The highest BCUT2D eigenvalue weighted by atomic mass is 16.3. The van der Waals surface area contributed by atoms with Crippen molar-refractivity contribution in [1.82, 2.24) is 0 Å². The largest absolute Gasteiger partial charge is 0.455 e. The second-order valence-electron chi connectivity index (χ2n) is 12.5. The van der Waals surface area contributed by atoms with E-state index in [1.54, 1.807) is 0 Å². The van der Waals surface area contributed by atoms with Crippen LogP contribution in [0.4, 0.5) is 17.1 Å². The van der Waals surface area contributed by atoms with Gasteiger partial charge < -0.3 is 13.7 Å². The molecule has 230 valence electrons. The predicted molar refractivity (Wildman–Crippen MR) is 204 cm³/mol. The fourth-order valence-corrected chi connectivity index (χ4v) is 7.40. The summed E-state index contributed by atoms with van der Waals surface area (Å²) in [5.41, 5.74) is 11.4. The van der Waals surface area contributed by atoms with Crippen LogP contribution in [-0.2, 0) is 0 Å². The van der Waals surface area contributed by atoms with Crippen molar-refractivity contribution in [3.63, 3.8) is 0 Å². The molecule has 0 atom stereocenters. The van der Waals surface area contributed by atoms with Crippen LogP contribution in [0.5, 0.6) is 0 Å². The Kier molecular flexibility index (Phi) is 6.18. The van der Waals surface area contributed by atoms with Crippen molar-refractivity contribution in [2.45, 2.75) is 0 Å². The Morgan fingerprint density at radius 3 is 1.90 bits per heavy atom. The molecule has 0 aliphatic carbocycles. The standard InChI is InChI=1S/C46H29NO2/c1-2-13-33(14-3-1)47(34-26-23-31(24-27-34)38-19-9-20-40-39-17-6-7-21-42(39)48-45(38)40)35-15-8-12-32(29-35)36-18-10-22-43-44(36)41-28-25-30-11-4-5-16-37(30)46(41)49-43/h1-29H. The van der Waals surface area contributed by atoms with E-state index in [0.29, 0.717) is 0 Å². The molecule has 3 heteroatoms. The zero-order chi connectivity index (χ0) is 32.3. The number of fused-ring (bicyclic) bond motifs is 8. The minimum absolute atomic E-state index is 0.893. The first-order valence-corrected chi connectivity index (χ1v) is 16.6. The van der Waals surface area contributed by atoms with Gasteiger partial charge in [0.25, 0.3) is 0 Å². The highest BCUT2D eigenvalue weighted by molar-refractivity contribution is 6.19. The van der Waals surface area contributed by atoms with Gasteiger partial charge >= 0.3 is 0 Å². The fraction of sp³-hybridized carbons (Fsp3) is 0. The predicted octanol–water partition coefficient (Wildman–Crippen LogP) is 13.4. The first kappa shape index (κ1) is 27.5. The third-order valence-electron chi connectivity index (χ3n) is 9.66. The number of rotatable bonds is 5. The lowest BCUT2D eigenvalue weighted by molar-refractivity contribution is 0.670. The van der Waals surface area contributed by atoms with Crippen LogP contribution in [0, 0.1) is 0 Å². The summed E-state index contributed by atoms with van der Waals surface area (Å²) in [7, 11) is 0. The van der Waals surface area contributed by atoms with Gasteiger partial charge in [0.1, 0.15) is 22.3 Å². The maximum atomic E-state index is 6.52. The van der Waals surface area contributed by atoms with Crippen LogP contribution in [0.25, 0.3) is 76.9 Å². The maximum Gasteiger partial charge on any atom is 0.143 e. The molecule has 0 aliphatic rings. The van der Waals surface area contributed by atoms with E-state index in [-0.39, 0.29) is 0 Å². The topological polar surface area (TPSA) is 29.5 Å². The van der Waals surface area contributed by atoms with Crippen LogP contribution in [0.15, 0.2) is 185 Å². The van der Waals surface area contributed by atoms with E-state index in [1.807, 2.05) is 12.1 Å². The lowest BCUT2D eigenvalue weighted by Crippen LogP contribution is -2.09. The molecule has 0 saturated carbocycles. The molecular weight excluding hydrogens is 599 g/mol. The van der Waals surface area contributed by atoms with Gasteiger partial charge in [0.2, 0.25) is 0 Å². The van der Waals surface area contributed by atoms with Crippen molar-refractivity contribution < 1.29 is 8.83 Å². The molecule has 10 rings (SSSR count). The van der Waals surface area contributed by atoms with Gasteiger partial charge in [0.05, 0.1) is 0 Å². The monoisotopic (exact) mass is 627 g/mol. The summed E-state index contributed by atoms with van der Waals surface area (Å²) in [4.78, 5) is 2.32. The molecular formula is C46H29NO2. The Labute approximate surface area is 282 Å². The molecule has 0 unspecified atom stereocenters. The fourth-order valence-electron chi connectivity index (χ4n) is 7.40. The van der Waals surface area contributed by atoms with E-state index < -0.39 is 0 Å². The van der Waals surface area contributed by atoms with E-state index in [0.717, 1.165) is 88.6 Å². The van der Waals surface area contributed by atoms with Crippen LogP contribution in [0.2, 0.25) is 0 Å². The van der Waals surface area contributed by atoms with E-state index in [9.17, 15) is 0 Å². The molecule has 0 saturated heterocycles. The number of para-hydroxylation sites is 3. The van der Waals surface area contributed by atoms with Gasteiger partial charge in [0.15, 0.2) is 0 Å². The maximum absolute atomic E-state index is 6.52. The van der Waals surface area contributed by atoms with Crippen molar-refractivity contribution in [3.8, 4) is 22.3 Å². The third kappa shape index (κ3) is 4.44. The smallest absolute Gasteiger partial charge is 0.143 e. The molecule has 0 bridgehead atoms. The zero-order valence-electron chi connectivity index (χ0n) is 26.5. The summed E-state index contributed by atoms with van der Waals surface area (Å²) in [5, 5.41) is 6.84. The van der Waals surface area contributed by atoms with Crippen LogP contribution in [-0.4, -0.2) is 0 Å². The quantitative estimate of drug-likeness (QED) is 0.190. The Balaban J connectivity index is 1.09. The Bertz CT molecular complexity index is 2830. The first-order valence-electron chi connectivity index (χ1n) is 16.6. The van der Waals surface area contributed by atoms with Gasteiger partial charge in [-0.05, 0) is 76.7 Å². The summed E-state index contributed by atoms with van der Waals surface area (Å²) in [6, 6.07) is 61.9. The Morgan fingerprint density at radius 2 is 1.00 bits per heavy atom. The first-order chi connectivity index (χ1) is 24.3. The summed E-state index contributed by atoms with van der Waals surface area (Å²) >= 11 is 0. The van der Waals surface area contributed by atoms with Crippen molar-refractivity contribution in [1.29, 1.82) is 0 Å². The van der Waals surface area contributed by atoms with E-state index in [2.05, 4.69) is 169 Å². The number of furan rings is 2. The van der Waals surface area contributed by atoms with E-state index in [4.69, 9.17) is 8.83 Å². The zero-order valence-corrected chi connectivity index (χ0v) is 26.5. The second-order valence-corrected chi connectivity index (χ2v) is 12.5. The Morgan fingerprint density at radius 1 is 0.347 bits per heavy atom. The van der Waals surface area contributed by atoms with Crippen LogP contribution >= 0.6 is 0 Å². The molecule has 0 amide bonds. The van der Waals surface area contributed by atoms with Crippen molar-refractivity contribution in [2.75, 3.05) is 4.90 Å². The molecule has 2 aromatic heterocycles. The SMILES string of the molecule is c1ccc(N(c2ccc(-c3cccc4c3oc3ccccc34)cc2)c2cccc(-c3cccc4oc5c6ccccc6ccc5c34)c2)cc1. The molecule has 49 heavy (non-hydrogen) atoms. The molecule has 0 spiro atoms. The molecule has 2 heterocycles. The van der Waals surface area contributed by atoms with Gasteiger partial charge in [-0.25, -0.2) is 0 Å². The molecule has 8 aromatic carbocycles. The summed E-state index contributed by atoms with van der Waals surface area (Å²) in [5.74, 6) is 0. The Hall–Kier alpha value is -6.58. The highest BCUT2D eigenvalue weighted by Gasteiger charge is 2.18. The summed E-state index contributed by atoms with van der Waals surface area (Å²) in [6.45, 7) is 0. The van der Waals surface area contributed by atoms with E-state index in [1.165, 1.54) is 5.39 Å². The average Bonchev–Trinajstić information content (AvgIpc) is 3.75. The minimum atomic E-state index is 0.893. The molecule has 10 aromatic rings. The number of hydrogen-bond acceptors (Lipinski definition) is 3. The molecule has 0 radical (unpaired) electrons. The number of hydrogen-bond donors (Lipinski definition) is 0. The lowest BCUT2D eigenvalue weighted by Gasteiger charge is -2.26. The third-order valence-corrected chi connectivity index (χ3v) is 9.66. The molecule has 0 N–H and O–H groups in total. The lowest BCUT2D eigenvalue weighted by atomic mass is 9.97. The van der Waals surface area contributed by atoms with Gasteiger partial charge in [0, 0.05) is 49.6 Å². The van der Waals surface area contributed by atoms with Gasteiger partial charge in [-0.15, -0.1) is 0 Å². The van der Waals surface area contributed by atoms with Crippen LogP contribution in [0.1, 0.15) is 0 Å². The van der Waals surface area contributed by atoms with Crippen molar-refractivity contribution in [2.24, 2.45) is 0 Å². The highest BCUT2D eigenvalue weighted by Crippen LogP contribution is 2.43.